The molecule has 0 atom stereocenters. The molecule has 25 heavy (non-hydrogen) atoms. The first-order valence-corrected chi connectivity index (χ1v) is 9.88. The average Bonchev–Trinajstić information content (AvgIpc) is 3.23. The van der Waals surface area contributed by atoms with Gasteiger partial charge in [-0.3, -0.25) is 4.79 Å². The molecule has 1 amide bonds. The van der Waals surface area contributed by atoms with E-state index in [0.29, 0.717) is 11.1 Å². The van der Waals surface area contributed by atoms with Gasteiger partial charge in [-0.25, -0.2) is 10.1 Å². The Labute approximate surface area is 163 Å². The monoisotopic (exact) mass is 471 g/mol. The van der Waals surface area contributed by atoms with Crippen LogP contribution in [0.5, 0.6) is 0 Å². The summed E-state index contributed by atoms with van der Waals surface area (Å²) < 4.78 is 2.42. The highest BCUT2D eigenvalue weighted by atomic mass is 127. The largest absolute Gasteiger partial charge is 0.334 e. The molecule has 8 nitrogen and oxygen atoms in total. The summed E-state index contributed by atoms with van der Waals surface area (Å²) in [6, 6.07) is 7.59. The molecular weight excluding hydrogens is 453 g/mol. The van der Waals surface area contributed by atoms with Gasteiger partial charge >= 0.3 is 0 Å². The molecule has 10 heteroatoms. The second-order valence-electron chi connectivity index (χ2n) is 5.52. The second kappa shape index (κ2) is 8.52. The summed E-state index contributed by atoms with van der Waals surface area (Å²) in [4.78, 5) is 12.0. The summed E-state index contributed by atoms with van der Waals surface area (Å²) in [6.07, 6.45) is 4.36. The van der Waals surface area contributed by atoms with E-state index in [0.717, 1.165) is 27.8 Å². The van der Waals surface area contributed by atoms with Crippen LogP contribution >= 0.6 is 34.4 Å². The molecule has 4 N–H and O–H groups in total. The number of carbonyl (C=O) groups is 1. The van der Waals surface area contributed by atoms with E-state index in [1.54, 1.807) is 0 Å². The summed E-state index contributed by atoms with van der Waals surface area (Å²) in [7, 11) is 0. The molecule has 1 aromatic carbocycles. The number of hydrogen-bond donors (Lipinski definition) is 3. The number of nitrogens with zero attached hydrogens (tertiary/aromatic N) is 4. The van der Waals surface area contributed by atoms with Crippen molar-refractivity contribution in [3.63, 3.8) is 0 Å². The number of hydrogen-bond acceptors (Lipinski definition) is 7. The predicted molar refractivity (Wildman–Crippen MR) is 108 cm³/mol. The number of thioether (sulfide) groups is 1. The minimum absolute atomic E-state index is 0.130. The summed E-state index contributed by atoms with van der Waals surface area (Å²) >= 11 is 3.43. The molecule has 132 valence electrons. The summed E-state index contributed by atoms with van der Waals surface area (Å²) in [5, 5.41) is 15.5. The normalized spacial score (nSPS) is 13.7. The van der Waals surface area contributed by atoms with Crippen molar-refractivity contribution < 1.29 is 4.79 Å². The minimum atomic E-state index is -0.130. The Hall–Kier alpha value is -1.82. The van der Waals surface area contributed by atoms with Crippen molar-refractivity contribution in [3.05, 3.63) is 27.8 Å². The third kappa shape index (κ3) is 5.08. The maximum atomic E-state index is 12.0. The highest BCUT2D eigenvalue weighted by molar-refractivity contribution is 14.1. The van der Waals surface area contributed by atoms with E-state index >= 15 is 0 Å². The predicted octanol–water partition coefficient (Wildman–Crippen LogP) is 2.67. The number of halogens is 1. The minimum Gasteiger partial charge on any atom is -0.334 e. The zero-order valence-corrected chi connectivity index (χ0v) is 16.4. The Morgan fingerprint density at radius 3 is 2.72 bits per heavy atom. The van der Waals surface area contributed by atoms with Crippen LogP contribution in [0.1, 0.15) is 25.7 Å². The average molecular weight is 471 g/mol. The number of anilines is 2. The Morgan fingerprint density at radius 1 is 1.28 bits per heavy atom. The summed E-state index contributed by atoms with van der Waals surface area (Å²) in [5.74, 6) is 6.37. The molecule has 1 aliphatic carbocycles. The number of rotatable bonds is 6. The van der Waals surface area contributed by atoms with Crippen molar-refractivity contribution in [2.45, 2.75) is 30.8 Å². The molecule has 0 saturated heterocycles. The molecule has 0 aliphatic heterocycles. The van der Waals surface area contributed by atoms with Crippen LogP contribution in [0.25, 0.3) is 0 Å². The maximum Gasteiger partial charge on any atom is 0.264 e. The molecular formula is C15H18IN7OS. The number of hydrazone groups is 1. The standard InChI is InChI=1S/C15H18IN7OS/c16-10-5-7-11(8-6-10)18-13(24)9-25-15-22-21-14(23(15)17)20-19-12-3-1-2-4-12/h5-8H,1-4,9,17H2,(H,18,24)(H,20,21). The molecule has 0 spiro atoms. The molecule has 0 bridgehead atoms. The zero-order valence-electron chi connectivity index (χ0n) is 13.4. The molecule has 0 radical (unpaired) electrons. The first-order valence-electron chi connectivity index (χ1n) is 7.82. The number of amides is 1. The van der Waals surface area contributed by atoms with Crippen molar-refractivity contribution in [1.82, 2.24) is 14.9 Å². The molecule has 1 aromatic heterocycles. The van der Waals surface area contributed by atoms with E-state index in [9.17, 15) is 4.79 Å². The van der Waals surface area contributed by atoms with E-state index in [-0.39, 0.29) is 11.7 Å². The highest BCUT2D eigenvalue weighted by Gasteiger charge is 2.13. The fraction of sp³-hybridized carbons (Fsp3) is 0.333. The van der Waals surface area contributed by atoms with Crippen molar-refractivity contribution >= 4 is 57.6 Å². The van der Waals surface area contributed by atoms with Gasteiger partial charge in [0.05, 0.1) is 5.75 Å². The first kappa shape index (κ1) is 18.0. The molecule has 3 rings (SSSR count). The van der Waals surface area contributed by atoms with Crippen LogP contribution in [-0.4, -0.2) is 32.2 Å². The van der Waals surface area contributed by atoms with Crippen LogP contribution in [-0.2, 0) is 4.79 Å². The van der Waals surface area contributed by atoms with Gasteiger partial charge in [0.1, 0.15) is 0 Å². The molecule has 1 saturated carbocycles. The highest BCUT2D eigenvalue weighted by Crippen LogP contribution is 2.19. The molecule has 1 aliphatic rings. The van der Waals surface area contributed by atoms with Gasteiger partial charge in [-0.15, -0.1) is 10.2 Å². The van der Waals surface area contributed by atoms with Crippen LogP contribution in [0, 0.1) is 3.57 Å². The zero-order chi connectivity index (χ0) is 17.6. The second-order valence-corrected chi connectivity index (χ2v) is 7.70. The molecule has 0 unspecified atom stereocenters. The van der Waals surface area contributed by atoms with Gasteiger partial charge in [0, 0.05) is 15.0 Å². The first-order chi connectivity index (χ1) is 12.1. The van der Waals surface area contributed by atoms with Gasteiger partial charge in [-0.05, 0) is 72.5 Å². The van der Waals surface area contributed by atoms with E-state index in [1.807, 2.05) is 24.3 Å². The topological polar surface area (TPSA) is 110 Å². The molecule has 1 heterocycles. The van der Waals surface area contributed by atoms with Gasteiger partial charge in [0.2, 0.25) is 11.1 Å². The van der Waals surface area contributed by atoms with Gasteiger partial charge in [-0.2, -0.15) is 5.10 Å². The van der Waals surface area contributed by atoms with Crippen molar-refractivity contribution in [1.29, 1.82) is 0 Å². The number of nitrogens with two attached hydrogens (primary N) is 1. The SMILES string of the molecule is Nn1c(NN=C2CCCC2)nnc1SCC(=O)Nc1ccc(I)cc1. The van der Waals surface area contributed by atoms with Gasteiger partial charge < -0.3 is 11.2 Å². The van der Waals surface area contributed by atoms with Crippen LogP contribution < -0.4 is 16.6 Å². The van der Waals surface area contributed by atoms with Crippen LogP contribution in [0.2, 0.25) is 0 Å². The number of benzene rings is 1. The summed E-state index contributed by atoms with van der Waals surface area (Å²) in [5.41, 5.74) is 4.72. The summed E-state index contributed by atoms with van der Waals surface area (Å²) in [6.45, 7) is 0. The van der Waals surface area contributed by atoms with Gasteiger partial charge in [0.25, 0.3) is 5.95 Å². The van der Waals surface area contributed by atoms with Crippen molar-refractivity contribution in [2.24, 2.45) is 5.10 Å². The lowest BCUT2D eigenvalue weighted by atomic mass is 10.3. The van der Waals surface area contributed by atoms with Crippen molar-refractivity contribution in [2.75, 3.05) is 22.3 Å². The Bertz CT molecular complexity index is 767. The van der Waals surface area contributed by atoms with E-state index in [1.165, 1.54) is 29.3 Å². The van der Waals surface area contributed by atoms with Crippen LogP contribution in [0.4, 0.5) is 11.6 Å². The third-order valence-electron chi connectivity index (χ3n) is 3.62. The molecule has 1 fully saturated rings. The Balaban J connectivity index is 1.51. The molecule has 2 aromatic rings. The fourth-order valence-corrected chi connectivity index (χ4v) is 3.35. The Morgan fingerprint density at radius 2 is 2.00 bits per heavy atom. The van der Waals surface area contributed by atoms with E-state index < -0.39 is 0 Å². The van der Waals surface area contributed by atoms with Crippen molar-refractivity contribution in [3.8, 4) is 0 Å². The van der Waals surface area contributed by atoms with E-state index in [4.69, 9.17) is 5.84 Å². The van der Waals surface area contributed by atoms with E-state index in [2.05, 4.69) is 48.6 Å². The lowest BCUT2D eigenvalue weighted by molar-refractivity contribution is -0.113. The number of nitrogen functional groups attached to an aromatic ring is 1. The lowest BCUT2D eigenvalue weighted by Crippen LogP contribution is -2.17. The Kier molecular flexibility index (Phi) is 6.13. The number of aromatic nitrogens is 3. The quantitative estimate of drug-likeness (QED) is 0.259. The van der Waals surface area contributed by atoms with Gasteiger partial charge in [0.15, 0.2) is 0 Å². The van der Waals surface area contributed by atoms with Crippen LogP contribution in [0.15, 0.2) is 34.5 Å². The maximum absolute atomic E-state index is 12.0. The third-order valence-corrected chi connectivity index (χ3v) is 5.28. The lowest BCUT2D eigenvalue weighted by Gasteiger charge is -2.05. The fourth-order valence-electron chi connectivity index (χ4n) is 2.34. The van der Waals surface area contributed by atoms with Gasteiger partial charge in [-0.1, -0.05) is 11.8 Å². The number of carbonyl (C=O) groups excluding carboxylic acids is 1. The smallest absolute Gasteiger partial charge is 0.264 e. The van der Waals surface area contributed by atoms with Crippen LogP contribution in [0.3, 0.4) is 0 Å². The number of nitrogens with one attached hydrogen (secondary N) is 2.